The molecule has 1 aliphatic heterocycles. The maximum atomic E-state index is 13.3. The highest BCUT2D eigenvalue weighted by atomic mass is 35.5. The fourth-order valence-corrected chi connectivity index (χ4v) is 4.09. The molecule has 1 aliphatic carbocycles. The van der Waals surface area contributed by atoms with E-state index in [1.807, 2.05) is 17.0 Å². The molecule has 2 heterocycles. The zero-order chi connectivity index (χ0) is 21.3. The van der Waals surface area contributed by atoms with E-state index in [0.29, 0.717) is 35.3 Å². The molecule has 4 rings (SSSR count). The topological polar surface area (TPSA) is 72.0 Å². The van der Waals surface area contributed by atoms with E-state index in [1.54, 1.807) is 29.4 Å². The molecule has 30 heavy (non-hydrogen) atoms. The van der Waals surface area contributed by atoms with Gasteiger partial charge in [-0.2, -0.15) is 0 Å². The Morgan fingerprint density at radius 1 is 1.27 bits per heavy atom. The molecule has 0 spiro atoms. The molecule has 0 N–H and O–H groups in total. The molecule has 7 nitrogen and oxygen atoms in total. The van der Waals surface area contributed by atoms with Crippen LogP contribution in [0, 0.1) is 5.92 Å². The molecular formula is C22H24ClN3O4. The number of carbonyl (C=O) groups excluding carboxylic acids is 2. The first-order valence-electron chi connectivity index (χ1n) is 9.93. The Kier molecular flexibility index (Phi) is 5.81. The smallest absolute Gasteiger partial charge is 0.228 e. The summed E-state index contributed by atoms with van der Waals surface area (Å²) in [5.74, 6) is 0.432. The van der Waals surface area contributed by atoms with Crippen molar-refractivity contribution in [2.24, 2.45) is 5.92 Å². The van der Waals surface area contributed by atoms with E-state index < -0.39 is 5.92 Å². The molecule has 2 amide bonds. The van der Waals surface area contributed by atoms with Crippen LogP contribution in [0.25, 0.3) is 0 Å². The molecule has 2 aromatic rings. The molecule has 1 saturated heterocycles. The average molecular weight is 430 g/mol. The van der Waals surface area contributed by atoms with Crippen molar-refractivity contribution in [2.75, 3.05) is 25.7 Å². The second kappa shape index (κ2) is 8.52. The van der Waals surface area contributed by atoms with Crippen LogP contribution in [0.15, 0.2) is 36.7 Å². The summed E-state index contributed by atoms with van der Waals surface area (Å²) in [5, 5.41) is 0.382. The first-order valence-corrected chi connectivity index (χ1v) is 10.3. The van der Waals surface area contributed by atoms with Gasteiger partial charge in [-0.05, 0) is 30.5 Å². The molecule has 1 saturated carbocycles. The molecule has 0 radical (unpaired) electrons. The fraction of sp³-hybridized carbons (Fsp3) is 0.409. The first kappa shape index (κ1) is 20.5. The van der Waals surface area contributed by atoms with Crippen LogP contribution in [0.4, 0.5) is 5.69 Å². The summed E-state index contributed by atoms with van der Waals surface area (Å²) in [6.45, 7) is 0.812. The predicted octanol–water partition coefficient (Wildman–Crippen LogP) is 3.30. The third-order valence-electron chi connectivity index (χ3n) is 5.56. The Bertz CT molecular complexity index is 949. The van der Waals surface area contributed by atoms with Gasteiger partial charge in [0.25, 0.3) is 0 Å². The summed E-state index contributed by atoms with van der Waals surface area (Å²) < 4.78 is 10.7. The number of methoxy groups -OCH3 is 2. The Hall–Kier alpha value is -2.80. The largest absolute Gasteiger partial charge is 0.495 e. The van der Waals surface area contributed by atoms with Crippen LogP contribution in [-0.2, 0) is 16.1 Å². The van der Waals surface area contributed by atoms with Gasteiger partial charge in [0.15, 0.2) is 0 Å². The van der Waals surface area contributed by atoms with Gasteiger partial charge < -0.3 is 19.3 Å². The van der Waals surface area contributed by atoms with E-state index in [0.717, 1.165) is 18.4 Å². The van der Waals surface area contributed by atoms with Gasteiger partial charge in [-0.25, -0.2) is 0 Å². The number of amides is 2. The summed E-state index contributed by atoms with van der Waals surface area (Å²) in [6.07, 6.45) is 5.66. The molecule has 1 aromatic heterocycles. The quantitative estimate of drug-likeness (QED) is 0.675. The molecule has 8 heteroatoms. The lowest BCUT2D eigenvalue weighted by Gasteiger charge is -2.26. The molecule has 2 aliphatic rings. The summed E-state index contributed by atoms with van der Waals surface area (Å²) in [5.41, 5.74) is 1.54. The third kappa shape index (κ3) is 4.07. The Morgan fingerprint density at radius 3 is 2.67 bits per heavy atom. The Morgan fingerprint density at radius 2 is 2.03 bits per heavy atom. The van der Waals surface area contributed by atoms with Crippen LogP contribution in [-0.4, -0.2) is 48.5 Å². The first-order chi connectivity index (χ1) is 14.5. The van der Waals surface area contributed by atoms with Gasteiger partial charge in [-0.3, -0.25) is 14.6 Å². The number of rotatable bonds is 7. The van der Waals surface area contributed by atoms with Crippen LogP contribution in [0.2, 0.25) is 5.02 Å². The van der Waals surface area contributed by atoms with Crippen molar-refractivity contribution >= 4 is 29.1 Å². The standard InChI is InChI=1S/C22H24ClN3O4/c1-29-19-10-20(30-2)18(9-17(19)23)26-13-15(8-21(26)27)22(28)25(16-5-6-16)12-14-4-3-7-24-11-14/h3-4,7,9-11,15-16H,5-6,8,12-13H2,1-2H3/t15-/m0/s1. The zero-order valence-corrected chi connectivity index (χ0v) is 17.8. The van der Waals surface area contributed by atoms with Gasteiger partial charge in [-0.1, -0.05) is 17.7 Å². The summed E-state index contributed by atoms with van der Waals surface area (Å²) in [4.78, 5) is 33.8. The number of pyridine rings is 1. The van der Waals surface area contributed by atoms with Gasteiger partial charge in [0, 0.05) is 44.0 Å². The summed E-state index contributed by atoms with van der Waals surface area (Å²) in [7, 11) is 3.04. The van der Waals surface area contributed by atoms with Crippen molar-refractivity contribution in [3.05, 3.63) is 47.2 Å². The van der Waals surface area contributed by atoms with Crippen molar-refractivity contribution in [3.8, 4) is 11.5 Å². The van der Waals surface area contributed by atoms with Gasteiger partial charge >= 0.3 is 0 Å². The van der Waals surface area contributed by atoms with E-state index >= 15 is 0 Å². The predicted molar refractivity (Wildman–Crippen MR) is 113 cm³/mol. The molecule has 0 bridgehead atoms. The van der Waals surface area contributed by atoms with Crippen LogP contribution >= 0.6 is 11.6 Å². The summed E-state index contributed by atoms with van der Waals surface area (Å²) in [6, 6.07) is 7.38. The molecule has 158 valence electrons. The fourth-order valence-electron chi connectivity index (χ4n) is 3.86. The van der Waals surface area contributed by atoms with Crippen molar-refractivity contribution in [3.63, 3.8) is 0 Å². The number of nitrogens with zero attached hydrogens (tertiary/aromatic N) is 3. The molecule has 1 atom stereocenters. The minimum atomic E-state index is -0.402. The second-order valence-electron chi connectivity index (χ2n) is 7.62. The summed E-state index contributed by atoms with van der Waals surface area (Å²) >= 11 is 6.27. The number of benzene rings is 1. The number of hydrogen-bond acceptors (Lipinski definition) is 5. The van der Waals surface area contributed by atoms with E-state index in [1.165, 1.54) is 14.2 Å². The zero-order valence-electron chi connectivity index (χ0n) is 17.0. The van der Waals surface area contributed by atoms with Gasteiger partial charge in [0.1, 0.15) is 11.5 Å². The molecule has 2 fully saturated rings. The number of halogens is 1. The van der Waals surface area contributed by atoms with Crippen molar-refractivity contribution in [1.29, 1.82) is 0 Å². The lowest BCUT2D eigenvalue weighted by atomic mass is 10.1. The monoisotopic (exact) mass is 429 g/mol. The highest BCUT2D eigenvalue weighted by Gasteiger charge is 2.42. The normalized spacial score (nSPS) is 18.4. The van der Waals surface area contributed by atoms with Crippen molar-refractivity contribution < 1.29 is 19.1 Å². The highest BCUT2D eigenvalue weighted by Crippen LogP contribution is 2.41. The number of carbonyl (C=O) groups is 2. The Labute approximate surface area is 180 Å². The maximum absolute atomic E-state index is 13.3. The molecule has 0 unspecified atom stereocenters. The lowest BCUT2D eigenvalue weighted by molar-refractivity contribution is -0.137. The number of hydrogen-bond donors (Lipinski definition) is 0. The lowest BCUT2D eigenvalue weighted by Crippen LogP contribution is -2.38. The maximum Gasteiger partial charge on any atom is 0.228 e. The van der Waals surface area contributed by atoms with Crippen molar-refractivity contribution in [2.45, 2.75) is 31.8 Å². The highest BCUT2D eigenvalue weighted by molar-refractivity contribution is 6.32. The second-order valence-corrected chi connectivity index (χ2v) is 8.03. The molecular weight excluding hydrogens is 406 g/mol. The molecule has 1 aromatic carbocycles. The van der Waals surface area contributed by atoms with E-state index in [9.17, 15) is 9.59 Å². The van der Waals surface area contributed by atoms with Crippen molar-refractivity contribution in [1.82, 2.24) is 9.88 Å². The van der Waals surface area contributed by atoms with Gasteiger partial charge in [0.05, 0.1) is 30.8 Å². The van der Waals surface area contributed by atoms with Gasteiger partial charge in [-0.15, -0.1) is 0 Å². The van der Waals surface area contributed by atoms with E-state index in [-0.39, 0.29) is 24.3 Å². The minimum Gasteiger partial charge on any atom is -0.495 e. The average Bonchev–Trinajstić information content (AvgIpc) is 3.53. The number of aromatic nitrogens is 1. The van der Waals surface area contributed by atoms with E-state index in [2.05, 4.69) is 4.98 Å². The van der Waals surface area contributed by atoms with Crippen LogP contribution in [0.3, 0.4) is 0 Å². The van der Waals surface area contributed by atoms with Crippen LogP contribution < -0.4 is 14.4 Å². The van der Waals surface area contributed by atoms with Crippen LogP contribution in [0.5, 0.6) is 11.5 Å². The SMILES string of the molecule is COc1cc(OC)c(N2C[C@@H](C(=O)N(Cc3cccnc3)C3CC3)CC2=O)cc1Cl. The number of ether oxygens (including phenoxy) is 2. The Balaban J connectivity index is 1.54. The van der Waals surface area contributed by atoms with E-state index in [4.69, 9.17) is 21.1 Å². The minimum absolute atomic E-state index is 0.00998. The van der Waals surface area contributed by atoms with Crippen LogP contribution in [0.1, 0.15) is 24.8 Å². The number of anilines is 1. The van der Waals surface area contributed by atoms with Gasteiger partial charge in [0.2, 0.25) is 11.8 Å². The third-order valence-corrected chi connectivity index (χ3v) is 5.86.